The van der Waals surface area contributed by atoms with Crippen LogP contribution in [0.25, 0.3) is 21.3 Å². The fourth-order valence-corrected chi connectivity index (χ4v) is 4.05. The van der Waals surface area contributed by atoms with E-state index in [0.717, 1.165) is 26.2 Å². The molecule has 0 spiro atoms. The van der Waals surface area contributed by atoms with Gasteiger partial charge in [0.05, 0.1) is 10.4 Å². The van der Waals surface area contributed by atoms with Gasteiger partial charge in [0, 0.05) is 16.6 Å². The van der Waals surface area contributed by atoms with Crippen LogP contribution in [-0.2, 0) is 0 Å². The molecule has 3 heterocycles. The third kappa shape index (κ3) is 3.13. The highest BCUT2D eigenvalue weighted by Gasteiger charge is 2.18. The summed E-state index contributed by atoms with van der Waals surface area (Å²) in [6, 6.07) is 10.0. The molecule has 0 atom stereocenters. The lowest BCUT2D eigenvalue weighted by Crippen LogP contribution is -1.99. The van der Waals surface area contributed by atoms with Crippen LogP contribution in [0.2, 0.25) is 5.02 Å². The zero-order valence-corrected chi connectivity index (χ0v) is 15.6. The average Bonchev–Trinajstić information content (AvgIpc) is 2.93. The first kappa shape index (κ1) is 16.9. The molecule has 0 aliphatic heterocycles. The summed E-state index contributed by atoms with van der Waals surface area (Å²) in [4.78, 5) is 15.4. The van der Waals surface area contributed by atoms with Crippen molar-refractivity contribution in [2.24, 2.45) is 0 Å². The second-order valence-electron chi connectivity index (χ2n) is 5.83. The van der Waals surface area contributed by atoms with Gasteiger partial charge < -0.3 is 5.32 Å². The highest BCUT2D eigenvalue weighted by Crippen LogP contribution is 2.41. The van der Waals surface area contributed by atoms with Gasteiger partial charge in [0.2, 0.25) is 0 Å². The molecular formula is C19H14ClFN4S. The first-order valence-corrected chi connectivity index (χ1v) is 9.13. The number of benzene rings is 1. The molecule has 0 unspecified atom stereocenters. The number of nitrogens with one attached hydrogen (secondary N) is 1. The number of halogens is 2. The van der Waals surface area contributed by atoms with Gasteiger partial charge in [-0.1, -0.05) is 23.7 Å². The predicted molar refractivity (Wildman–Crippen MR) is 105 cm³/mol. The lowest BCUT2D eigenvalue weighted by molar-refractivity contribution is 0.628. The van der Waals surface area contributed by atoms with E-state index in [0.29, 0.717) is 22.5 Å². The molecular weight excluding hydrogens is 371 g/mol. The van der Waals surface area contributed by atoms with Crippen molar-refractivity contribution in [2.45, 2.75) is 13.8 Å². The van der Waals surface area contributed by atoms with E-state index in [9.17, 15) is 4.39 Å². The van der Waals surface area contributed by atoms with E-state index in [2.05, 4.69) is 20.3 Å². The Bertz CT molecular complexity index is 1090. The van der Waals surface area contributed by atoms with Crippen molar-refractivity contribution in [1.82, 2.24) is 15.0 Å². The number of hydrogen-bond donors (Lipinski definition) is 1. The second kappa shape index (κ2) is 6.63. The highest BCUT2D eigenvalue weighted by atomic mass is 35.5. The van der Waals surface area contributed by atoms with Crippen LogP contribution in [0.4, 0.5) is 16.0 Å². The van der Waals surface area contributed by atoms with Crippen molar-refractivity contribution in [1.29, 1.82) is 0 Å². The van der Waals surface area contributed by atoms with E-state index in [4.69, 9.17) is 11.6 Å². The molecule has 7 heteroatoms. The van der Waals surface area contributed by atoms with Crippen molar-refractivity contribution in [3.63, 3.8) is 0 Å². The molecule has 0 aliphatic rings. The lowest BCUT2D eigenvalue weighted by atomic mass is 10.0. The van der Waals surface area contributed by atoms with Crippen molar-refractivity contribution in [2.75, 3.05) is 5.32 Å². The Kier molecular flexibility index (Phi) is 4.30. The summed E-state index contributed by atoms with van der Waals surface area (Å²) in [6.45, 7) is 3.89. The minimum absolute atomic E-state index is 0.262. The number of thiophene rings is 1. The number of nitrogens with zero attached hydrogens (tertiary/aromatic N) is 3. The van der Waals surface area contributed by atoms with Gasteiger partial charge in [-0.05, 0) is 43.7 Å². The Morgan fingerprint density at radius 3 is 2.50 bits per heavy atom. The number of anilines is 2. The van der Waals surface area contributed by atoms with E-state index in [1.165, 1.54) is 12.1 Å². The van der Waals surface area contributed by atoms with Crippen molar-refractivity contribution < 1.29 is 4.39 Å². The van der Waals surface area contributed by atoms with Gasteiger partial charge in [0.15, 0.2) is 0 Å². The Morgan fingerprint density at radius 1 is 1.04 bits per heavy atom. The normalized spacial score (nSPS) is 11.1. The van der Waals surface area contributed by atoms with Crippen LogP contribution >= 0.6 is 22.9 Å². The molecule has 130 valence electrons. The molecule has 0 radical (unpaired) electrons. The van der Waals surface area contributed by atoms with Gasteiger partial charge in [0.25, 0.3) is 0 Å². The summed E-state index contributed by atoms with van der Waals surface area (Å²) in [5, 5.41) is 4.73. The Balaban J connectivity index is 1.91. The number of rotatable bonds is 3. The molecule has 1 N–H and O–H groups in total. The summed E-state index contributed by atoms with van der Waals surface area (Å²) >= 11 is 7.50. The molecule has 1 aromatic carbocycles. The molecule has 3 aromatic heterocycles. The maximum Gasteiger partial charge on any atom is 0.144 e. The van der Waals surface area contributed by atoms with Crippen LogP contribution in [0.15, 0.2) is 42.6 Å². The number of hydrogen-bond acceptors (Lipinski definition) is 5. The molecule has 0 amide bonds. The molecule has 4 aromatic rings. The third-order valence-electron chi connectivity index (χ3n) is 3.95. The van der Waals surface area contributed by atoms with E-state index in [-0.39, 0.29) is 5.82 Å². The zero-order chi connectivity index (χ0) is 18.3. The fraction of sp³-hybridized carbons (Fsp3) is 0.105. The first-order valence-electron chi connectivity index (χ1n) is 7.93. The summed E-state index contributed by atoms with van der Waals surface area (Å²) in [6.07, 6.45) is 1.58. The van der Waals surface area contributed by atoms with Crippen LogP contribution in [0.1, 0.15) is 10.7 Å². The van der Waals surface area contributed by atoms with Gasteiger partial charge in [-0.2, -0.15) is 0 Å². The summed E-state index contributed by atoms with van der Waals surface area (Å²) in [5.41, 5.74) is 1.93. The summed E-state index contributed by atoms with van der Waals surface area (Å²) in [7, 11) is 0. The Labute approximate surface area is 158 Å². The van der Waals surface area contributed by atoms with Gasteiger partial charge in [-0.3, -0.25) is 0 Å². The SMILES string of the molecule is Cc1nc(Nc2ccc(Cl)cn2)c2c(-c3ccc(F)cc3)c(C)sc2n1. The lowest BCUT2D eigenvalue weighted by Gasteiger charge is -2.09. The van der Waals surface area contributed by atoms with Crippen LogP contribution in [0.5, 0.6) is 0 Å². The van der Waals surface area contributed by atoms with Crippen LogP contribution < -0.4 is 5.32 Å². The molecule has 0 fully saturated rings. The molecule has 0 bridgehead atoms. The topological polar surface area (TPSA) is 50.7 Å². The van der Waals surface area contributed by atoms with Crippen LogP contribution in [0, 0.1) is 19.7 Å². The molecule has 0 saturated heterocycles. The monoisotopic (exact) mass is 384 g/mol. The smallest absolute Gasteiger partial charge is 0.144 e. The van der Waals surface area contributed by atoms with E-state index < -0.39 is 0 Å². The maximum absolute atomic E-state index is 13.3. The van der Waals surface area contributed by atoms with Gasteiger partial charge >= 0.3 is 0 Å². The number of aryl methyl sites for hydroxylation is 2. The molecule has 4 rings (SSSR count). The van der Waals surface area contributed by atoms with Crippen molar-refractivity contribution in [3.8, 4) is 11.1 Å². The van der Waals surface area contributed by atoms with Crippen molar-refractivity contribution >= 4 is 44.8 Å². The van der Waals surface area contributed by atoms with E-state index in [1.807, 2.05) is 13.8 Å². The standard InChI is InChI=1S/C19H14ClFN4S/c1-10-16(12-3-6-14(21)7-4-12)17-18(23-11(2)24-19(17)26-10)25-15-8-5-13(20)9-22-15/h3-9H,1-2H3,(H,22,23,24,25). The number of aromatic nitrogens is 3. The molecule has 0 saturated carbocycles. The van der Waals surface area contributed by atoms with Crippen LogP contribution in [-0.4, -0.2) is 15.0 Å². The highest BCUT2D eigenvalue weighted by molar-refractivity contribution is 7.19. The van der Waals surface area contributed by atoms with Gasteiger partial charge in [-0.25, -0.2) is 19.3 Å². The van der Waals surface area contributed by atoms with Crippen molar-refractivity contribution in [3.05, 3.63) is 64.1 Å². The predicted octanol–water partition coefficient (Wildman–Crippen LogP) is 5.91. The number of fused-ring (bicyclic) bond motifs is 1. The van der Waals surface area contributed by atoms with Gasteiger partial charge in [0.1, 0.15) is 28.1 Å². The summed E-state index contributed by atoms with van der Waals surface area (Å²) in [5.74, 6) is 1.72. The minimum atomic E-state index is -0.262. The number of pyridine rings is 1. The average molecular weight is 385 g/mol. The van der Waals surface area contributed by atoms with Crippen LogP contribution in [0.3, 0.4) is 0 Å². The summed E-state index contributed by atoms with van der Waals surface area (Å²) < 4.78 is 13.3. The molecule has 26 heavy (non-hydrogen) atoms. The van der Waals surface area contributed by atoms with Gasteiger partial charge in [-0.15, -0.1) is 11.3 Å². The minimum Gasteiger partial charge on any atom is -0.324 e. The largest absolute Gasteiger partial charge is 0.324 e. The Morgan fingerprint density at radius 2 is 1.81 bits per heavy atom. The van der Waals surface area contributed by atoms with E-state index >= 15 is 0 Å². The maximum atomic E-state index is 13.3. The molecule has 4 nitrogen and oxygen atoms in total. The zero-order valence-electron chi connectivity index (χ0n) is 14.0. The third-order valence-corrected chi connectivity index (χ3v) is 5.17. The van der Waals surface area contributed by atoms with E-state index in [1.54, 1.807) is 41.8 Å². The molecule has 0 aliphatic carbocycles. The fourth-order valence-electron chi connectivity index (χ4n) is 2.84. The second-order valence-corrected chi connectivity index (χ2v) is 7.47. The quantitative estimate of drug-likeness (QED) is 0.477. The Hall–Kier alpha value is -2.57. The first-order chi connectivity index (χ1) is 12.5.